The molecule has 0 fully saturated rings. The average Bonchev–Trinajstić information content (AvgIpc) is 2.93. The summed E-state index contributed by atoms with van der Waals surface area (Å²) in [6.45, 7) is 9.02. The molecule has 1 heterocycles. The lowest BCUT2D eigenvalue weighted by molar-refractivity contribution is 0.0764. The standard InChI is InChI=1S/C17H19NOS/c1-4-9-18(12-16-6-5-10-20-16)17(19)15-8-7-13(2)14(3)11-15/h4-8,10-11H,1,9,12H2,2-3H3. The van der Waals surface area contributed by atoms with E-state index in [1.807, 2.05) is 41.5 Å². The van der Waals surface area contributed by atoms with E-state index in [9.17, 15) is 4.79 Å². The van der Waals surface area contributed by atoms with Crippen molar-refractivity contribution in [3.8, 4) is 0 Å². The fraction of sp³-hybridized carbons (Fsp3) is 0.235. The molecule has 3 heteroatoms. The van der Waals surface area contributed by atoms with E-state index in [0.29, 0.717) is 13.1 Å². The lowest BCUT2D eigenvalue weighted by Gasteiger charge is -2.21. The van der Waals surface area contributed by atoms with Gasteiger partial charge < -0.3 is 4.90 Å². The van der Waals surface area contributed by atoms with E-state index in [2.05, 4.69) is 19.6 Å². The van der Waals surface area contributed by atoms with Gasteiger partial charge in [0.25, 0.3) is 5.91 Å². The Hall–Kier alpha value is -1.87. The van der Waals surface area contributed by atoms with Crippen LogP contribution in [0, 0.1) is 13.8 Å². The van der Waals surface area contributed by atoms with Gasteiger partial charge in [-0.2, -0.15) is 0 Å². The molecule has 0 unspecified atom stereocenters. The number of hydrogen-bond acceptors (Lipinski definition) is 2. The quantitative estimate of drug-likeness (QED) is 0.754. The van der Waals surface area contributed by atoms with Crippen molar-refractivity contribution in [3.05, 3.63) is 69.9 Å². The predicted molar refractivity (Wildman–Crippen MR) is 85.2 cm³/mol. The fourth-order valence-electron chi connectivity index (χ4n) is 2.02. The van der Waals surface area contributed by atoms with Crippen molar-refractivity contribution in [2.45, 2.75) is 20.4 Å². The molecule has 0 radical (unpaired) electrons. The van der Waals surface area contributed by atoms with Gasteiger partial charge in [-0.05, 0) is 48.6 Å². The first-order valence-corrected chi connectivity index (χ1v) is 7.49. The van der Waals surface area contributed by atoms with Gasteiger partial charge in [0.2, 0.25) is 0 Å². The Morgan fingerprint density at radius 1 is 1.30 bits per heavy atom. The molecule has 0 spiro atoms. The van der Waals surface area contributed by atoms with E-state index >= 15 is 0 Å². The number of carbonyl (C=O) groups is 1. The van der Waals surface area contributed by atoms with Crippen LogP contribution >= 0.6 is 11.3 Å². The largest absolute Gasteiger partial charge is 0.330 e. The van der Waals surface area contributed by atoms with Gasteiger partial charge in [0.05, 0.1) is 6.54 Å². The molecule has 20 heavy (non-hydrogen) atoms. The monoisotopic (exact) mass is 285 g/mol. The van der Waals surface area contributed by atoms with Gasteiger partial charge in [0, 0.05) is 17.0 Å². The maximum Gasteiger partial charge on any atom is 0.254 e. The van der Waals surface area contributed by atoms with E-state index in [0.717, 1.165) is 11.1 Å². The molecule has 2 aromatic rings. The van der Waals surface area contributed by atoms with E-state index in [1.54, 1.807) is 17.4 Å². The van der Waals surface area contributed by atoms with E-state index in [4.69, 9.17) is 0 Å². The highest BCUT2D eigenvalue weighted by molar-refractivity contribution is 7.09. The highest BCUT2D eigenvalue weighted by Crippen LogP contribution is 2.16. The molecule has 0 atom stereocenters. The smallest absolute Gasteiger partial charge is 0.254 e. The van der Waals surface area contributed by atoms with Crippen molar-refractivity contribution in [2.75, 3.05) is 6.54 Å². The number of thiophene rings is 1. The topological polar surface area (TPSA) is 20.3 Å². The third-order valence-electron chi connectivity index (χ3n) is 3.32. The number of benzene rings is 1. The van der Waals surface area contributed by atoms with Crippen molar-refractivity contribution in [2.24, 2.45) is 0 Å². The third-order valence-corrected chi connectivity index (χ3v) is 4.18. The first-order valence-electron chi connectivity index (χ1n) is 6.61. The van der Waals surface area contributed by atoms with Crippen LogP contribution in [0.3, 0.4) is 0 Å². The summed E-state index contributed by atoms with van der Waals surface area (Å²) in [5.74, 6) is 0.0569. The Morgan fingerprint density at radius 3 is 2.70 bits per heavy atom. The summed E-state index contributed by atoms with van der Waals surface area (Å²) in [6.07, 6.45) is 1.77. The molecular formula is C17H19NOS. The van der Waals surface area contributed by atoms with Crippen molar-refractivity contribution in [3.63, 3.8) is 0 Å². The first-order chi connectivity index (χ1) is 9.61. The molecule has 1 aromatic heterocycles. The van der Waals surface area contributed by atoms with Crippen molar-refractivity contribution < 1.29 is 4.79 Å². The molecule has 1 aromatic carbocycles. The van der Waals surface area contributed by atoms with Gasteiger partial charge in [-0.15, -0.1) is 17.9 Å². The Bertz CT molecular complexity index is 601. The minimum absolute atomic E-state index is 0.0569. The number of amides is 1. The Labute approximate surface area is 124 Å². The molecule has 0 aliphatic heterocycles. The summed E-state index contributed by atoms with van der Waals surface area (Å²) in [5.41, 5.74) is 3.09. The zero-order valence-corrected chi connectivity index (χ0v) is 12.7. The van der Waals surface area contributed by atoms with E-state index in [-0.39, 0.29) is 5.91 Å². The van der Waals surface area contributed by atoms with Crippen LogP contribution in [0.15, 0.2) is 48.4 Å². The van der Waals surface area contributed by atoms with Gasteiger partial charge >= 0.3 is 0 Å². The molecule has 1 amide bonds. The van der Waals surface area contributed by atoms with Gasteiger partial charge in [-0.3, -0.25) is 4.79 Å². The SMILES string of the molecule is C=CCN(Cc1cccs1)C(=O)c1ccc(C)c(C)c1. The van der Waals surface area contributed by atoms with Gasteiger partial charge in [0.1, 0.15) is 0 Å². The maximum absolute atomic E-state index is 12.6. The number of carbonyl (C=O) groups excluding carboxylic acids is 1. The van der Waals surface area contributed by atoms with Gasteiger partial charge in [-0.1, -0.05) is 18.2 Å². The molecule has 0 bridgehead atoms. The van der Waals surface area contributed by atoms with Crippen LogP contribution in [0.5, 0.6) is 0 Å². The summed E-state index contributed by atoms with van der Waals surface area (Å²) in [4.78, 5) is 15.6. The third kappa shape index (κ3) is 3.36. The summed E-state index contributed by atoms with van der Waals surface area (Å²) < 4.78 is 0. The molecule has 2 nitrogen and oxygen atoms in total. The lowest BCUT2D eigenvalue weighted by Crippen LogP contribution is -2.30. The first kappa shape index (κ1) is 14.5. The van der Waals surface area contributed by atoms with E-state index < -0.39 is 0 Å². The number of rotatable bonds is 5. The second kappa shape index (κ2) is 6.53. The maximum atomic E-state index is 12.6. The summed E-state index contributed by atoms with van der Waals surface area (Å²) in [5, 5.41) is 2.03. The van der Waals surface area contributed by atoms with Crippen LogP contribution in [-0.4, -0.2) is 17.4 Å². The zero-order chi connectivity index (χ0) is 14.5. The van der Waals surface area contributed by atoms with Crippen molar-refractivity contribution >= 4 is 17.2 Å². The number of hydrogen-bond donors (Lipinski definition) is 0. The van der Waals surface area contributed by atoms with Crippen molar-refractivity contribution in [1.29, 1.82) is 0 Å². The van der Waals surface area contributed by atoms with Gasteiger partial charge in [0.15, 0.2) is 0 Å². The lowest BCUT2D eigenvalue weighted by atomic mass is 10.1. The second-order valence-corrected chi connectivity index (χ2v) is 5.88. The highest BCUT2D eigenvalue weighted by atomic mass is 32.1. The fourth-order valence-corrected chi connectivity index (χ4v) is 2.74. The van der Waals surface area contributed by atoms with Crippen LogP contribution in [0.1, 0.15) is 26.4 Å². The van der Waals surface area contributed by atoms with Crippen molar-refractivity contribution in [1.82, 2.24) is 4.90 Å². The molecule has 0 N–H and O–H groups in total. The zero-order valence-electron chi connectivity index (χ0n) is 11.9. The summed E-state index contributed by atoms with van der Waals surface area (Å²) in [7, 11) is 0. The Morgan fingerprint density at radius 2 is 2.10 bits per heavy atom. The summed E-state index contributed by atoms with van der Waals surface area (Å²) >= 11 is 1.67. The Balaban J connectivity index is 2.21. The van der Waals surface area contributed by atoms with Crippen LogP contribution in [0.4, 0.5) is 0 Å². The molecule has 0 saturated heterocycles. The molecule has 2 rings (SSSR count). The minimum atomic E-state index is 0.0569. The van der Waals surface area contributed by atoms with Gasteiger partial charge in [-0.25, -0.2) is 0 Å². The predicted octanol–water partition coefficient (Wildman–Crippen LogP) is 4.19. The van der Waals surface area contributed by atoms with Crippen LogP contribution in [-0.2, 0) is 6.54 Å². The molecule has 104 valence electrons. The number of aryl methyl sites for hydroxylation is 2. The minimum Gasteiger partial charge on any atom is -0.330 e. The average molecular weight is 285 g/mol. The van der Waals surface area contributed by atoms with Crippen LogP contribution < -0.4 is 0 Å². The van der Waals surface area contributed by atoms with Crippen LogP contribution in [0.25, 0.3) is 0 Å². The van der Waals surface area contributed by atoms with Crippen LogP contribution in [0.2, 0.25) is 0 Å². The molecular weight excluding hydrogens is 266 g/mol. The molecule has 0 aliphatic carbocycles. The highest BCUT2D eigenvalue weighted by Gasteiger charge is 2.15. The van der Waals surface area contributed by atoms with E-state index in [1.165, 1.54) is 10.4 Å². The Kier molecular flexibility index (Phi) is 4.74. The molecule has 0 aliphatic rings. The number of nitrogens with zero attached hydrogens (tertiary/aromatic N) is 1. The molecule has 0 saturated carbocycles. The summed E-state index contributed by atoms with van der Waals surface area (Å²) in [6, 6.07) is 9.91. The normalized spacial score (nSPS) is 10.3. The second-order valence-electron chi connectivity index (χ2n) is 4.85.